The van der Waals surface area contributed by atoms with Gasteiger partial charge in [0.05, 0.1) is 0 Å². The van der Waals surface area contributed by atoms with Crippen LogP contribution in [0.3, 0.4) is 0 Å². The van der Waals surface area contributed by atoms with E-state index in [2.05, 4.69) is 27.8 Å². The van der Waals surface area contributed by atoms with E-state index < -0.39 is 0 Å². The molecule has 0 aromatic carbocycles. The molecule has 2 rings (SSSR count). The maximum atomic E-state index is 10.5. The highest BCUT2D eigenvalue weighted by molar-refractivity contribution is 6.00. The zero-order valence-electron chi connectivity index (χ0n) is 10.8. The van der Waals surface area contributed by atoms with Gasteiger partial charge in [0.25, 0.3) is 0 Å². The SMILES string of the molecule is N=C/C(C=O)=C\NCCc1ccc2c(n1)NCCC2. The first-order chi connectivity index (χ1) is 9.33. The largest absolute Gasteiger partial charge is 0.390 e. The Labute approximate surface area is 112 Å². The number of anilines is 1. The van der Waals surface area contributed by atoms with Crippen molar-refractivity contribution >= 4 is 18.3 Å². The number of hydrogen-bond acceptors (Lipinski definition) is 5. The second kappa shape index (κ2) is 6.68. The van der Waals surface area contributed by atoms with E-state index >= 15 is 0 Å². The van der Waals surface area contributed by atoms with Crippen LogP contribution in [-0.4, -0.2) is 30.6 Å². The lowest BCUT2D eigenvalue weighted by Gasteiger charge is -2.17. The van der Waals surface area contributed by atoms with Crippen LogP contribution in [0.1, 0.15) is 17.7 Å². The number of pyridine rings is 1. The quantitative estimate of drug-likeness (QED) is 0.311. The number of carbonyl (C=O) groups is 1. The van der Waals surface area contributed by atoms with Gasteiger partial charge in [-0.05, 0) is 24.5 Å². The first kappa shape index (κ1) is 13.3. The van der Waals surface area contributed by atoms with Crippen LogP contribution in [0, 0.1) is 5.41 Å². The van der Waals surface area contributed by atoms with Gasteiger partial charge in [0.2, 0.25) is 0 Å². The molecule has 0 amide bonds. The van der Waals surface area contributed by atoms with Crippen LogP contribution < -0.4 is 10.6 Å². The molecule has 0 fully saturated rings. The summed E-state index contributed by atoms with van der Waals surface area (Å²) in [7, 11) is 0. The fourth-order valence-electron chi connectivity index (χ4n) is 2.01. The number of rotatable bonds is 6. The Hall–Kier alpha value is -2.17. The predicted molar refractivity (Wildman–Crippen MR) is 75.7 cm³/mol. The van der Waals surface area contributed by atoms with Crippen molar-refractivity contribution in [2.45, 2.75) is 19.3 Å². The molecule has 0 saturated carbocycles. The molecule has 1 aromatic heterocycles. The van der Waals surface area contributed by atoms with E-state index in [1.54, 1.807) is 6.20 Å². The standard InChI is InChI=1S/C14H18N4O/c15-8-11(10-19)9-16-7-5-13-4-3-12-2-1-6-17-14(12)18-13/h3-4,8-10,15-16H,1-2,5-7H2,(H,17,18)/b11-9+,15-8?. The molecule has 1 aromatic rings. The maximum Gasteiger partial charge on any atom is 0.153 e. The monoisotopic (exact) mass is 258 g/mol. The van der Waals surface area contributed by atoms with Crippen molar-refractivity contribution in [3.63, 3.8) is 0 Å². The lowest BCUT2D eigenvalue weighted by molar-refractivity contribution is -0.104. The molecule has 0 aliphatic carbocycles. The molecule has 5 nitrogen and oxygen atoms in total. The molecule has 19 heavy (non-hydrogen) atoms. The maximum absolute atomic E-state index is 10.5. The Balaban J connectivity index is 1.88. The van der Waals surface area contributed by atoms with E-state index in [1.165, 1.54) is 12.0 Å². The summed E-state index contributed by atoms with van der Waals surface area (Å²) in [6.45, 7) is 1.68. The summed E-state index contributed by atoms with van der Waals surface area (Å²) >= 11 is 0. The minimum absolute atomic E-state index is 0.333. The fraction of sp³-hybridized carbons (Fsp3) is 0.357. The molecule has 1 aliphatic heterocycles. The highest BCUT2D eigenvalue weighted by Crippen LogP contribution is 2.19. The molecule has 0 spiro atoms. The summed E-state index contributed by atoms with van der Waals surface area (Å²) in [5.41, 5.74) is 2.64. The van der Waals surface area contributed by atoms with Gasteiger partial charge in [0.1, 0.15) is 5.82 Å². The minimum atomic E-state index is 0.333. The number of nitrogens with one attached hydrogen (secondary N) is 3. The van der Waals surface area contributed by atoms with Crippen LogP contribution in [0.2, 0.25) is 0 Å². The van der Waals surface area contributed by atoms with Crippen molar-refractivity contribution in [1.29, 1.82) is 5.41 Å². The first-order valence-electron chi connectivity index (χ1n) is 6.45. The van der Waals surface area contributed by atoms with E-state index in [9.17, 15) is 4.79 Å². The number of aromatic nitrogens is 1. The summed E-state index contributed by atoms with van der Waals surface area (Å²) in [6, 6.07) is 4.18. The van der Waals surface area contributed by atoms with E-state index in [1.807, 2.05) is 0 Å². The van der Waals surface area contributed by atoms with Gasteiger partial charge in [-0.25, -0.2) is 4.98 Å². The third-order valence-corrected chi connectivity index (χ3v) is 3.05. The van der Waals surface area contributed by atoms with Gasteiger partial charge in [-0.1, -0.05) is 6.07 Å². The normalized spacial score (nSPS) is 14.2. The van der Waals surface area contributed by atoms with Crippen LogP contribution in [0.4, 0.5) is 5.82 Å². The fourth-order valence-corrected chi connectivity index (χ4v) is 2.01. The number of carbonyl (C=O) groups excluding carboxylic acids is 1. The second-order valence-electron chi connectivity index (χ2n) is 4.45. The third-order valence-electron chi connectivity index (χ3n) is 3.05. The van der Waals surface area contributed by atoms with Crippen LogP contribution >= 0.6 is 0 Å². The van der Waals surface area contributed by atoms with Gasteiger partial charge >= 0.3 is 0 Å². The zero-order chi connectivity index (χ0) is 13.5. The van der Waals surface area contributed by atoms with Crippen LogP contribution in [0.15, 0.2) is 23.9 Å². The third kappa shape index (κ3) is 3.64. The molecule has 2 heterocycles. The van der Waals surface area contributed by atoms with Crippen molar-refractivity contribution in [2.24, 2.45) is 0 Å². The van der Waals surface area contributed by atoms with Crippen molar-refractivity contribution in [2.75, 3.05) is 18.4 Å². The Morgan fingerprint density at radius 2 is 2.42 bits per heavy atom. The molecule has 0 unspecified atom stereocenters. The van der Waals surface area contributed by atoms with Gasteiger partial charge in [-0.15, -0.1) is 0 Å². The molecule has 5 heteroatoms. The number of nitrogens with zero attached hydrogens (tertiary/aromatic N) is 1. The van der Waals surface area contributed by atoms with E-state index in [0.717, 1.165) is 37.1 Å². The molecule has 1 aliphatic rings. The summed E-state index contributed by atoms with van der Waals surface area (Å²) < 4.78 is 0. The number of fused-ring (bicyclic) bond motifs is 1. The number of hydrogen-bond donors (Lipinski definition) is 3. The van der Waals surface area contributed by atoms with E-state index in [-0.39, 0.29) is 0 Å². The number of aldehydes is 1. The molecular weight excluding hydrogens is 240 g/mol. The molecule has 100 valence electrons. The first-order valence-corrected chi connectivity index (χ1v) is 6.45. The van der Waals surface area contributed by atoms with Crippen LogP contribution in [-0.2, 0) is 17.6 Å². The molecule has 0 radical (unpaired) electrons. The van der Waals surface area contributed by atoms with E-state index in [4.69, 9.17) is 5.41 Å². The summed E-state index contributed by atoms with van der Waals surface area (Å²) in [4.78, 5) is 15.1. The van der Waals surface area contributed by atoms with Crippen molar-refractivity contribution in [3.05, 3.63) is 35.2 Å². The smallest absolute Gasteiger partial charge is 0.153 e. The van der Waals surface area contributed by atoms with Gasteiger partial charge < -0.3 is 16.0 Å². The molecule has 0 bridgehead atoms. The predicted octanol–water partition coefficient (Wildman–Crippen LogP) is 1.30. The molecular formula is C14H18N4O. The Morgan fingerprint density at radius 1 is 1.53 bits per heavy atom. The molecule has 3 N–H and O–H groups in total. The molecule has 0 saturated heterocycles. The minimum Gasteiger partial charge on any atom is -0.390 e. The number of aryl methyl sites for hydroxylation is 1. The van der Waals surface area contributed by atoms with Gasteiger partial charge in [0, 0.05) is 43.2 Å². The van der Waals surface area contributed by atoms with Gasteiger partial charge in [-0.2, -0.15) is 0 Å². The zero-order valence-corrected chi connectivity index (χ0v) is 10.8. The lowest BCUT2D eigenvalue weighted by Crippen LogP contribution is -2.16. The lowest BCUT2D eigenvalue weighted by atomic mass is 10.1. The Kier molecular flexibility index (Phi) is 4.66. The van der Waals surface area contributed by atoms with Crippen molar-refractivity contribution < 1.29 is 4.79 Å². The Bertz CT molecular complexity index is 486. The van der Waals surface area contributed by atoms with Crippen molar-refractivity contribution in [1.82, 2.24) is 10.3 Å². The van der Waals surface area contributed by atoms with Crippen LogP contribution in [0.5, 0.6) is 0 Å². The van der Waals surface area contributed by atoms with Gasteiger partial charge in [0.15, 0.2) is 6.29 Å². The Morgan fingerprint density at radius 3 is 3.21 bits per heavy atom. The van der Waals surface area contributed by atoms with Gasteiger partial charge in [-0.3, -0.25) is 4.79 Å². The van der Waals surface area contributed by atoms with Crippen molar-refractivity contribution in [3.8, 4) is 0 Å². The topological polar surface area (TPSA) is 77.9 Å². The summed E-state index contributed by atoms with van der Waals surface area (Å²) in [6.07, 6.45) is 6.28. The summed E-state index contributed by atoms with van der Waals surface area (Å²) in [5.74, 6) is 1.01. The van der Waals surface area contributed by atoms with E-state index in [0.29, 0.717) is 18.4 Å². The second-order valence-corrected chi connectivity index (χ2v) is 4.45. The molecule has 0 atom stereocenters. The number of allylic oxidation sites excluding steroid dienone is 1. The average molecular weight is 258 g/mol. The average Bonchev–Trinajstić information content (AvgIpc) is 2.47. The highest BCUT2D eigenvalue weighted by atomic mass is 16.1. The van der Waals surface area contributed by atoms with Crippen LogP contribution in [0.25, 0.3) is 0 Å². The highest BCUT2D eigenvalue weighted by Gasteiger charge is 2.09. The summed E-state index contributed by atoms with van der Waals surface area (Å²) in [5, 5.41) is 13.3.